The number of aryl methyl sites for hydroxylation is 2. The third-order valence-corrected chi connectivity index (χ3v) is 8.20. The van der Waals surface area contributed by atoms with Gasteiger partial charge < -0.3 is 26.0 Å². The van der Waals surface area contributed by atoms with E-state index in [0.717, 1.165) is 43.1 Å². The van der Waals surface area contributed by atoms with Crippen LogP contribution in [0.5, 0.6) is 0 Å². The molecule has 5 heterocycles. The number of carbonyl (C=O) groups is 1. The number of hydrogen-bond donors (Lipinski definition) is 4. The highest BCUT2D eigenvalue weighted by atomic mass is 35.5. The van der Waals surface area contributed by atoms with Gasteiger partial charge in [-0.1, -0.05) is 35.1 Å². The van der Waals surface area contributed by atoms with Crippen molar-refractivity contribution in [1.82, 2.24) is 39.8 Å². The largest absolute Gasteiger partial charge is 0.395 e. The standard InChI is InChI=1S/C23H27ClN6O2S.C5H5N5/c1-15-4-3-5-18(24)17(15)12-19(32)20-14-25-23(33-20)28-21-13-22(27-16(2)26-21)30-8-6-29(7-9-30)10-11-31;6-4-3-5(9-1-7-3)10-2-8-4/h3-5,13-14,31H,6-12H2,1-2H3,(H,25,26,27,28);1-2H,(H3,6,7,8,9,10). The average molecular weight is 622 g/mol. The molecule has 4 aromatic heterocycles. The van der Waals surface area contributed by atoms with Crippen molar-refractivity contribution >= 4 is 62.5 Å². The first-order chi connectivity index (χ1) is 20.8. The maximum absolute atomic E-state index is 12.8. The Morgan fingerprint density at radius 2 is 1.95 bits per heavy atom. The summed E-state index contributed by atoms with van der Waals surface area (Å²) in [5, 5.41) is 13.6. The number of imidazole rings is 1. The van der Waals surface area contributed by atoms with Crippen LogP contribution in [-0.4, -0.2) is 90.0 Å². The number of piperazine rings is 1. The molecule has 43 heavy (non-hydrogen) atoms. The number of hydrogen-bond acceptors (Lipinski definition) is 13. The van der Waals surface area contributed by atoms with Crippen molar-refractivity contribution in [2.45, 2.75) is 20.3 Å². The smallest absolute Gasteiger partial charge is 0.188 e. The molecule has 0 bridgehead atoms. The Kier molecular flexibility index (Phi) is 9.72. The molecule has 0 atom stereocenters. The number of benzene rings is 1. The molecule has 13 nitrogen and oxygen atoms in total. The number of aromatic amines is 1. The predicted octanol–water partition coefficient (Wildman–Crippen LogP) is 3.42. The zero-order valence-corrected chi connectivity index (χ0v) is 25.4. The van der Waals surface area contributed by atoms with Crippen LogP contribution >= 0.6 is 22.9 Å². The van der Waals surface area contributed by atoms with Crippen LogP contribution in [0.1, 0.15) is 26.6 Å². The lowest BCUT2D eigenvalue weighted by Crippen LogP contribution is -2.47. The van der Waals surface area contributed by atoms with Crippen LogP contribution in [0, 0.1) is 13.8 Å². The highest BCUT2D eigenvalue weighted by Gasteiger charge is 2.19. The van der Waals surface area contributed by atoms with Gasteiger partial charge in [0.25, 0.3) is 0 Å². The van der Waals surface area contributed by atoms with Crippen molar-refractivity contribution in [1.29, 1.82) is 0 Å². The number of aliphatic hydroxyl groups excluding tert-OH is 1. The minimum Gasteiger partial charge on any atom is -0.395 e. The van der Waals surface area contributed by atoms with Crippen LogP contribution in [0.2, 0.25) is 5.02 Å². The van der Waals surface area contributed by atoms with Gasteiger partial charge in [0.2, 0.25) is 0 Å². The van der Waals surface area contributed by atoms with Gasteiger partial charge in [-0.3, -0.25) is 9.69 Å². The molecule has 5 N–H and O–H groups in total. The molecule has 0 saturated carbocycles. The summed E-state index contributed by atoms with van der Waals surface area (Å²) in [5.41, 5.74) is 8.63. The number of ketones is 1. The van der Waals surface area contributed by atoms with Gasteiger partial charge in [0.05, 0.1) is 24.0 Å². The van der Waals surface area contributed by atoms with Gasteiger partial charge in [-0.2, -0.15) is 0 Å². The molecule has 1 aromatic carbocycles. The van der Waals surface area contributed by atoms with Crippen molar-refractivity contribution < 1.29 is 9.90 Å². The summed E-state index contributed by atoms with van der Waals surface area (Å²) < 4.78 is 0. The second-order valence-electron chi connectivity index (χ2n) is 9.86. The van der Waals surface area contributed by atoms with E-state index >= 15 is 0 Å². The summed E-state index contributed by atoms with van der Waals surface area (Å²) >= 11 is 7.58. The van der Waals surface area contributed by atoms with Crippen LogP contribution in [0.15, 0.2) is 43.1 Å². The third kappa shape index (κ3) is 7.59. The molecule has 5 aromatic rings. The topological polar surface area (TPSA) is 175 Å². The lowest BCUT2D eigenvalue weighted by Gasteiger charge is -2.35. The van der Waals surface area contributed by atoms with E-state index in [1.54, 1.807) is 12.3 Å². The van der Waals surface area contributed by atoms with E-state index in [-0.39, 0.29) is 18.8 Å². The van der Waals surface area contributed by atoms with Crippen LogP contribution in [0.3, 0.4) is 0 Å². The van der Waals surface area contributed by atoms with E-state index in [1.165, 1.54) is 24.0 Å². The van der Waals surface area contributed by atoms with Crippen LogP contribution in [0.25, 0.3) is 11.2 Å². The Labute approximate surface area is 257 Å². The Hall–Kier alpha value is -4.24. The van der Waals surface area contributed by atoms with Crippen molar-refractivity contribution in [3.63, 3.8) is 0 Å². The number of nitrogen functional groups attached to an aromatic ring is 1. The molecule has 1 aliphatic heterocycles. The van der Waals surface area contributed by atoms with Gasteiger partial charge in [-0.15, -0.1) is 0 Å². The van der Waals surface area contributed by atoms with E-state index < -0.39 is 0 Å². The third-order valence-electron chi connectivity index (χ3n) is 6.90. The lowest BCUT2D eigenvalue weighted by atomic mass is 10.0. The monoisotopic (exact) mass is 621 g/mol. The number of halogens is 1. The fourth-order valence-electron chi connectivity index (χ4n) is 4.61. The summed E-state index contributed by atoms with van der Waals surface area (Å²) in [7, 11) is 0. The fourth-order valence-corrected chi connectivity index (χ4v) is 5.66. The van der Waals surface area contributed by atoms with E-state index in [2.05, 4.69) is 50.0 Å². The number of nitrogens with one attached hydrogen (secondary N) is 2. The van der Waals surface area contributed by atoms with Crippen LogP contribution < -0.4 is 16.0 Å². The number of aromatic nitrogens is 7. The summed E-state index contributed by atoms with van der Waals surface area (Å²) in [4.78, 5) is 45.6. The van der Waals surface area contributed by atoms with Gasteiger partial charge in [0, 0.05) is 50.2 Å². The second kappa shape index (κ2) is 13.8. The average Bonchev–Trinajstić information content (AvgIpc) is 3.67. The summed E-state index contributed by atoms with van der Waals surface area (Å²) in [6, 6.07) is 7.55. The molecule has 0 amide bonds. The van der Waals surface area contributed by atoms with E-state index in [0.29, 0.717) is 50.2 Å². The van der Waals surface area contributed by atoms with Crippen LogP contribution in [0.4, 0.5) is 22.6 Å². The Morgan fingerprint density at radius 3 is 2.70 bits per heavy atom. The fraction of sp³-hybridized carbons (Fsp3) is 0.321. The molecule has 6 rings (SSSR count). The SMILES string of the molecule is Cc1nc(Nc2ncc(C(=O)Cc3c(C)cccc3Cl)s2)cc(N2CCN(CCO)CC2)n1.Nc1ncnc2nc[nH]c12. The molecule has 0 unspecified atom stereocenters. The Bertz CT molecular complexity index is 1680. The molecular formula is C28H32ClN11O2S. The number of thiazole rings is 1. The van der Waals surface area contributed by atoms with Crippen molar-refractivity contribution in [3.05, 3.63) is 70.0 Å². The maximum Gasteiger partial charge on any atom is 0.188 e. The number of anilines is 4. The number of Topliss-reactive ketones (excluding diaryl/α,β-unsaturated/α-hetero) is 1. The van der Waals surface area contributed by atoms with Gasteiger partial charge in [0.15, 0.2) is 22.4 Å². The molecular weight excluding hydrogens is 590 g/mol. The Morgan fingerprint density at radius 1 is 1.14 bits per heavy atom. The maximum atomic E-state index is 12.8. The summed E-state index contributed by atoms with van der Waals surface area (Å²) in [5.74, 6) is 2.58. The van der Waals surface area contributed by atoms with Gasteiger partial charge >= 0.3 is 0 Å². The summed E-state index contributed by atoms with van der Waals surface area (Å²) in [6.07, 6.45) is 4.76. The van der Waals surface area contributed by atoms with E-state index in [4.69, 9.17) is 22.4 Å². The highest BCUT2D eigenvalue weighted by molar-refractivity contribution is 7.17. The molecule has 224 valence electrons. The number of carbonyl (C=O) groups excluding carboxylic acids is 1. The first-order valence-electron chi connectivity index (χ1n) is 13.6. The summed E-state index contributed by atoms with van der Waals surface area (Å²) in [6.45, 7) is 8.14. The zero-order chi connectivity index (χ0) is 30.3. The normalized spacial score (nSPS) is 13.5. The zero-order valence-electron chi connectivity index (χ0n) is 23.8. The number of aliphatic hydroxyl groups is 1. The quantitative estimate of drug-likeness (QED) is 0.186. The van der Waals surface area contributed by atoms with Crippen molar-refractivity contribution in [2.75, 3.05) is 55.3 Å². The van der Waals surface area contributed by atoms with Crippen molar-refractivity contribution in [2.24, 2.45) is 0 Å². The molecule has 0 radical (unpaired) electrons. The first-order valence-corrected chi connectivity index (χ1v) is 14.8. The molecule has 1 saturated heterocycles. The molecule has 1 fully saturated rings. The first kappa shape index (κ1) is 30.2. The number of β-amino-alcohol motifs (C(OH)–C–C–N with tert-alkyl or cyclic N) is 1. The van der Waals surface area contributed by atoms with Gasteiger partial charge in [-0.25, -0.2) is 29.9 Å². The van der Waals surface area contributed by atoms with Crippen molar-refractivity contribution in [3.8, 4) is 0 Å². The molecule has 1 aliphatic rings. The second-order valence-corrected chi connectivity index (χ2v) is 11.3. The lowest BCUT2D eigenvalue weighted by molar-refractivity contribution is 0.0996. The highest BCUT2D eigenvalue weighted by Crippen LogP contribution is 2.27. The van der Waals surface area contributed by atoms with Crippen LogP contribution in [-0.2, 0) is 6.42 Å². The van der Waals surface area contributed by atoms with E-state index in [1.807, 2.05) is 32.0 Å². The minimum atomic E-state index is -0.0166. The molecule has 0 spiro atoms. The minimum absolute atomic E-state index is 0.0166. The number of nitrogens with zero attached hydrogens (tertiary/aromatic N) is 8. The van der Waals surface area contributed by atoms with Gasteiger partial charge in [0.1, 0.15) is 29.3 Å². The number of nitrogens with two attached hydrogens (primary N) is 1. The predicted molar refractivity (Wildman–Crippen MR) is 168 cm³/mol. The molecule has 0 aliphatic carbocycles. The Balaban J connectivity index is 0.000000308. The van der Waals surface area contributed by atoms with Gasteiger partial charge in [-0.05, 0) is 31.0 Å². The number of rotatable bonds is 8. The molecule has 15 heteroatoms. The number of fused-ring (bicyclic) bond motifs is 1. The van der Waals surface area contributed by atoms with E-state index in [9.17, 15) is 4.79 Å². The number of H-pyrrole nitrogens is 1.